The van der Waals surface area contributed by atoms with Crippen molar-refractivity contribution in [2.45, 2.75) is 57.6 Å². The topological polar surface area (TPSA) is 36.4 Å². The maximum Gasteiger partial charge on any atom is 0.0527 e. The van der Waals surface area contributed by atoms with Crippen LogP contribution in [0.2, 0.25) is 0 Å². The van der Waals surface area contributed by atoms with Crippen LogP contribution in [-0.4, -0.2) is 40.2 Å². The van der Waals surface area contributed by atoms with E-state index in [-0.39, 0.29) is 6.10 Å². The zero-order valence-corrected chi connectivity index (χ0v) is 12.0. The Kier molecular flexibility index (Phi) is 5.80. The Labute approximate surface area is 116 Å². The van der Waals surface area contributed by atoms with E-state index in [1.54, 1.807) is 0 Å². The number of aromatic nitrogens is 1. The monoisotopic (exact) mass is 262 g/mol. The summed E-state index contributed by atoms with van der Waals surface area (Å²) in [7, 11) is 0. The van der Waals surface area contributed by atoms with Crippen molar-refractivity contribution in [2.24, 2.45) is 0 Å². The van der Waals surface area contributed by atoms with E-state index in [0.717, 1.165) is 19.4 Å². The van der Waals surface area contributed by atoms with E-state index < -0.39 is 0 Å². The van der Waals surface area contributed by atoms with Gasteiger partial charge in [0, 0.05) is 25.0 Å². The molecule has 0 spiro atoms. The second-order valence-electron chi connectivity index (χ2n) is 5.73. The molecule has 0 bridgehead atoms. The van der Waals surface area contributed by atoms with Crippen LogP contribution in [0, 0.1) is 0 Å². The second kappa shape index (κ2) is 7.61. The third-order valence-corrected chi connectivity index (χ3v) is 4.05. The van der Waals surface area contributed by atoms with Crippen molar-refractivity contribution in [3.8, 4) is 0 Å². The van der Waals surface area contributed by atoms with E-state index in [0.29, 0.717) is 6.04 Å². The van der Waals surface area contributed by atoms with E-state index in [1.165, 1.54) is 37.8 Å². The van der Waals surface area contributed by atoms with Crippen molar-refractivity contribution < 1.29 is 5.11 Å². The number of pyridine rings is 1. The highest BCUT2D eigenvalue weighted by Crippen LogP contribution is 2.20. The van der Waals surface area contributed by atoms with Crippen LogP contribution in [0.5, 0.6) is 0 Å². The lowest BCUT2D eigenvalue weighted by atomic mass is 10.0. The molecular formula is C16H26N2O. The lowest BCUT2D eigenvalue weighted by Gasteiger charge is -2.30. The van der Waals surface area contributed by atoms with Crippen LogP contribution in [0.4, 0.5) is 0 Å². The lowest BCUT2D eigenvalue weighted by Crippen LogP contribution is -2.38. The fraction of sp³-hybridized carbons (Fsp3) is 0.688. The molecule has 2 rings (SSSR count). The summed E-state index contributed by atoms with van der Waals surface area (Å²) in [5, 5.41) is 9.66. The number of hydrogen-bond donors (Lipinski definition) is 1. The van der Waals surface area contributed by atoms with Gasteiger partial charge in [-0.25, -0.2) is 0 Å². The van der Waals surface area contributed by atoms with Gasteiger partial charge in [-0.3, -0.25) is 9.88 Å². The first kappa shape index (κ1) is 14.5. The molecule has 1 aliphatic heterocycles. The van der Waals surface area contributed by atoms with Crippen molar-refractivity contribution >= 4 is 0 Å². The summed E-state index contributed by atoms with van der Waals surface area (Å²) in [6.45, 7) is 4.19. The molecule has 0 amide bonds. The predicted octanol–water partition coefficient (Wildman–Crippen LogP) is 2.64. The quantitative estimate of drug-likeness (QED) is 0.886. The molecule has 19 heavy (non-hydrogen) atoms. The van der Waals surface area contributed by atoms with Gasteiger partial charge in [0.2, 0.25) is 0 Å². The molecule has 2 atom stereocenters. The maximum atomic E-state index is 9.66. The summed E-state index contributed by atoms with van der Waals surface area (Å²) in [6.07, 6.45) is 10.7. The van der Waals surface area contributed by atoms with Gasteiger partial charge in [-0.1, -0.05) is 12.8 Å². The first-order valence-electron chi connectivity index (χ1n) is 7.56. The van der Waals surface area contributed by atoms with E-state index in [4.69, 9.17) is 0 Å². The number of hydrogen-bond acceptors (Lipinski definition) is 3. The van der Waals surface area contributed by atoms with Gasteiger partial charge in [0.05, 0.1) is 6.10 Å². The minimum atomic E-state index is -0.188. The Morgan fingerprint density at radius 2 is 2.11 bits per heavy atom. The molecule has 1 aromatic rings. The molecule has 0 saturated carbocycles. The van der Waals surface area contributed by atoms with Crippen molar-refractivity contribution in [1.82, 2.24) is 9.88 Å². The van der Waals surface area contributed by atoms with Gasteiger partial charge in [-0.15, -0.1) is 0 Å². The van der Waals surface area contributed by atoms with Crippen molar-refractivity contribution in [3.63, 3.8) is 0 Å². The normalized spacial score (nSPS) is 22.9. The summed E-state index contributed by atoms with van der Waals surface area (Å²) in [6, 6.07) is 4.76. The molecular weight excluding hydrogens is 236 g/mol. The van der Waals surface area contributed by atoms with E-state index >= 15 is 0 Å². The first-order chi connectivity index (χ1) is 9.25. The Morgan fingerprint density at radius 3 is 2.84 bits per heavy atom. The van der Waals surface area contributed by atoms with Gasteiger partial charge < -0.3 is 5.11 Å². The minimum Gasteiger partial charge on any atom is -0.393 e. The van der Waals surface area contributed by atoms with E-state index in [9.17, 15) is 5.11 Å². The van der Waals surface area contributed by atoms with Crippen molar-refractivity contribution in [1.29, 1.82) is 0 Å². The molecule has 2 heterocycles. The summed E-state index contributed by atoms with van der Waals surface area (Å²) >= 11 is 0. The third-order valence-electron chi connectivity index (χ3n) is 4.05. The second-order valence-corrected chi connectivity index (χ2v) is 5.73. The van der Waals surface area contributed by atoms with Gasteiger partial charge in [-0.2, -0.15) is 0 Å². The highest BCUT2D eigenvalue weighted by atomic mass is 16.3. The van der Waals surface area contributed by atoms with Gasteiger partial charge in [0.1, 0.15) is 0 Å². The molecule has 1 aromatic heterocycles. The van der Waals surface area contributed by atoms with Crippen LogP contribution in [0.1, 0.15) is 44.6 Å². The van der Waals surface area contributed by atoms with Gasteiger partial charge >= 0.3 is 0 Å². The molecule has 1 aliphatic rings. The van der Waals surface area contributed by atoms with Gasteiger partial charge in [0.25, 0.3) is 0 Å². The van der Waals surface area contributed by atoms with Gasteiger partial charge in [0.15, 0.2) is 0 Å². The fourth-order valence-electron chi connectivity index (χ4n) is 3.01. The zero-order chi connectivity index (χ0) is 13.5. The average Bonchev–Trinajstić information content (AvgIpc) is 2.62. The summed E-state index contributed by atoms with van der Waals surface area (Å²) in [5.74, 6) is 0. The standard InChI is InChI=1S/C16H26N2O/c1-14(19)13-16-5-3-2-4-11-18(16)12-8-15-6-9-17-10-7-15/h6-7,9-10,14,16,19H,2-5,8,11-13H2,1H3. The van der Waals surface area contributed by atoms with Crippen LogP contribution in [0.3, 0.4) is 0 Å². The smallest absolute Gasteiger partial charge is 0.0527 e. The Bertz CT molecular complexity index is 353. The van der Waals surface area contributed by atoms with Crippen LogP contribution in [0.25, 0.3) is 0 Å². The van der Waals surface area contributed by atoms with Crippen LogP contribution in [-0.2, 0) is 6.42 Å². The molecule has 3 nitrogen and oxygen atoms in total. The molecule has 106 valence electrons. The van der Waals surface area contributed by atoms with Gasteiger partial charge in [-0.05, 0) is 56.8 Å². The fourth-order valence-corrected chi connectivity index (χ4v) is 3.01. The zero-order valence-electron chi connectivity index (χ0n) is 12.0. The number of likely N-dealkylation sites (tertiary alicyclic amines) is 1. The Balaban J connectivity index is 1.90. The summed E-state index contributed by atoms with van der Waals surface area (Å²) in [5.41, 5.74) is 1.36. The molecule has 0 aromatic carbocycles. The largest absolute Gasteiger partial charge is 0.393 e. The van der Waals surface area contributed by atoms with E-state index in [1.807, 2.05) is 19.3 Å². The molecule has 2 unspecified atom stereocenters. The summed E-state index contributed by atoms with van der Waals surface area (Å²) < 4.78 is 0. The SMILES string of the molecule is CC(O)CC1CCCCCN1CCc1ccncc1. The molecule has 1 saturated heterocycles. The predicted molar refractivity (Wildman–Crippen MR) is 78.1 cm³/mol. The van der Waals surface area contributed by atoms with Crippen molar-refractivity contribution in [2.75, 3.05) is 13.1 Å². The third kappa shape index (κ3) is 4.92. The lowest BCUT2D eigenvalue weighted by molar-refractivity contribution is 0.113. The average molecular weight is 262 g/mol. The molecule has 3 heteroatoms. The molecule has 1 fully saturated rings. The number of nitrogens with zero attached hydrogens (tertiary/aromatic N) is 2. The number of rotatable bonds is 5. The minimum absolute atomic E-state index is 0.188. The van der Waals surface area contributed by atoms with Crippen molar-refractivity contribution in [3.05, 3.63) is 30.1 Å². The maximum absolute atomic E-state index is 9.66. The number of aliphatic hydroxyl groups excluding tert-OH is 1. The Hall–Kier alpha value is -0.930. The first-order valence-corrected chi connectivity index (χ1v) is 7.56. The molecule has 1 N–H and O–H groups in total. The van der Waals surface area contributed by atoms with Crippen LogP contribution < -0.4 is 0 Å². The van der Waals surface area contributed by atoms with E-state index in [2.05, 4.69) is 22.0 Å². The molecule has 0 radical (unpaired) electrons. The molecule has 0 aliphatic carbocycles. The summed E-state index contributed by atoms with van der Waals surface area (Å²) in [4.78, 5) is 6.65. The Morgan fingerprint density at radius 1 is 1.32 bits per heavy atom. The number of aliphatic hydroxyl groups is 1. The highest BCUT2D eigenvalue weighted by molar-refractivity contribution is 5.10. The highest BCUT2D eigenvalue weighted by Gasteiger charge is 2.21. The van der Waals surface area contributed by atoms with Crippen LogP contribution in [0.15, 0.2) is 24.5 Å². The van der Waals surface area contributed by atoms with Crippen LogP contribution >= 0.6 is 0 Å².